The van der Waals surface area contributed by atoms with Crippen molar-refractivity contribution in [2.24, 2.45) is 0 Å². The molecule has 1 aromatic rings. The first kappa shape index (κ1) is 19.8. The Morgan fingerprint density at radius 2 is 1.89 bits per heavy atom. The van der Waals surface area contributed by atoms with Crippen molar-refractivity contribution in [3.05, 3.63) is 29.3 Å². The molecule has 0 aromatic heterocycles. The van der Waals surface area contributed by atoms with Gasteiger partial charge in [-0.1, -0.05) is 6.07 Å². The molecule has 0 spiro atoms. The fourth-order valence-corrected chi connectivity index (χ4v) is 5.06. The molecule has 1 amide bonds. The van der Waals surface area contributed by atoms with E-state index in [-0.39, 0.29) is 29.5 Å². The van der Waals surface area contributed by atoms with Crippen LogP contribution in [0.25, 0.3) is 0 Å². The van der Waals surface area contributed by atoms with Gasteiger partial charge in [0, 0.05) is 32.8 Å². The number of hydrogen-bond acceptors (Lipinski definition) is 6. The average Bonchev–Trinajstić information content (AvgIpc) is 3.22. The summed E-state index contributed by atoms with van der Waals surface area (Å²) < 4.78 is 37.6. The van der Waals surface area contributed by atoms with Crippen molar-refractivity contribution >= 4 is 21.9 Å². The van der Waals surface area contributed by atoms with Crippen LogP contribution in [0.15, 0.2) is 23.1 Å². The number of carbonyl (C=O) groups excluding carboxylic acids is 2. The van der Waals surface area contributed by atoms with E-state index >= 15 is 0 Å². The second-order valence-corrected chi connectivity index (χ2v) is 8.61. The maximum absolute atomic E-state index is 13.0. The van der Waals surface area contributed by atoms with Crippen LogP contribution < -0.4 is 0 Å². The molecule has 2 saturated heterocycles. The van der Waals surface area contributed by atoms with E-state index in [9.17, 15) is 18.0 Å². The molecule has 27 heavy (non-hydrogen) atoms. The van der Waals surface area contributed by atoms with E-state index in [2.05, 4.69) is 4.74 Å². The number of nitrogens with zero attached hydrogens (tertiary/aromatic N) is 2. The number of amides is 1. The molecule has 1 aromatic carbocycles. The zero-order chi connectivity index (χ0) is 19.6. The Hall–Kier alpha value is -1.97. The third-order valence-corrected chi connectivity index (χ3v) is 7.02. The predicted molar refractivity (Wildman–Crippen MR) is 96.8 cm³/mol. The Kier molecular flexibility index (Phi) is 5.83. The van der Waals surface area contributed by atoms with Gasteiger partial charge >= 0.3 is 5.97 Å². The highest BCUT2D eigenvalue weighted by atomic mass is 32.2. The molecule has 2 aliphatic heterocycles. The number of hydrogen-bond donors (Lipinski definition) is 0. The highest BCUT2D eigenvalue weighted by molar-refractivity contribution is 7.89. The average molecular weight is 396 g/mol. The summed E-state index contributed by atoms with van der Waals surface area (Å²) in [6.45, 7) is 3.36. The Morgan fingerprint density at radius 1 is 1.19 bits per heavy atom. The van der Waals surface area contributed by atoms with Gasteiger partial charge < -0.3 is 14.4 Å². The maximum Gasteiger partial charge on any atom is 0.337 e. The molecule has 1 unspecified atom stereocenters. The SMILES string of the molecule is COC(=O)c1ccc(C)c(S(=O)(=O)N2CCN(C(=O)C3CCCO3)CC2)c1. The lowest BCUT2D eigenvalue weighted by molar-refractivity contribution is -0.142. The van der Waals surface area contributed by atoms with Crippen molar-refractivity contribution in [3.63, 3.8) is 0 Å². The number of aryl methyl sites for hydroxylation is 1. The van der Waals surface area contributed by atoms with Gasteiger partial charge in [0.1, 0.15) is 6.10 Å². The molecule has 2 fully saturated rings. The summed E-state index contributed by atoms with van der Waals surface area (Å²) >= 11 is 0. The van der Waals surface area contributed by atoms with Crippen LogP contribution in [-0.4, -0.2) is 75.5 Å². The van der Waals surface area contributed by atoms with Crippen LogP contribution in [0.5, 0.6) is 0 Å². The zero-order valence-corrected chi connectivity index (χ0v) is 16.3. The zero-order valence-electron chi connectivity index (χ0n) is 15.5. The number of ether oxygens (including phenoxy) is 2. The van der Waals surface area contributed by atoms with E-state index in [1.54, 1.807) is 24.0 Å². The van der Waals surface area contributed by atoms with Crippen molar-refractivity contribution < 1.29 is 27.5 Å². The highest BCUT2D eigenvalue weighted by Gasteiger charge is 2.34. The Balaban J connectivity index is 1.73. The molecule has 1 atom stereocenters. The van der Waals surface area contributed by atoms with E-state index in [0.29, 0.717) is 25.3 Å². The molecule has 0 radical (unpaired) electrons. The van der Waals surface area contributed by atoms with Crippen LogP contribution in [0.1, 0.15) is 28.8 Å². The summed E-state index contributed by atoms with van der Waals surface area (Å²) in [4.78, 5) is 25.9. The lowest BCUT2D eigenvalue weighted by atomic mass is 10.1. The molecule has 0 aliphatic carbocycles. The first-order valence-corrected chi connectivity index (χ1v) is 10.4. The molecular weight excluding hydrogens is 372 g/mol. The quantitative estimate of drug-likeness (QED) is 0.699. The van der Waals surface area contributed by atoms with Gasteiger partial charge in [0.2, 0.25) is 10.0 Å². The predicted octanol–water partition coefficient (Wildman–Crippen LogP) is 0.794. The van der Waals surface area contributed by atoms with Crippen molar-refractivity contribution in [2.45, 2.75) is 30.8 Å². The van der Waals surface area contributed by atoms with E-state index in [1.165, 1.54) is 17.5 Å². The van der Waals surface area contributed by atoms with E-state index in [0.717, 1.165) is 12.8 Å². The van der Waals surface area contributed by atoms with Crippen molar-refractivity contribution in [1.82, 2.24) is 9.21 Å². The second-order valence-electron chi connectivity index (χ2n) is 6.70. The molecular formula is C18H24N2O6S. The molecule has 9 heteroatoms. The molecule has 148 valence electrons. The maximum atomic E-state index is 13.0. The summed E-state index contributed by atoms with van der Waals surface area (Å²) in [7, 11) is -2.52. The van der Waals surface area contributed by atoms with Crippen molar-refractivity contribution in [1.29, 1.82) is 0 Å². The summed E-state index contributed by atoms with van der Waals surface area (Å²) in [5, 5.41) is 0. The van der Waals surface area contributed by atoms with Crippen LogP contribution >= 0.6 is 0 Å². The summed E-state index contributed by atoms with van der Waals surface area (Å²) in [6, 6.07) is 4.48. The third kappa shape index (κ3) is 3.99. The minimum absolute atomic E-state index is 0.0617. The number of esters is 1. The lowest BCUT2D eigenvalue weighted by Gasteiger charge is -2.35. The first-order valence-electron chi connectivity index (χ1n) is 8.94. The Morgan fingerprint density at radius 3 is 2.48 bits per heavy atom. The minimum atomic E-state index is -3.77. The fourth-order valence-electron chi connectivity index (χ4n) is 3.39. The number of sulfonamides is 1. The topological polar surface area (TPSA) is 93.2 Å². The van der Waals surface area contributed by atoms with Gasteiger partial charge in [-0.3, -0.25) is 4.79 Å². The van der Waals surface area contributed by atoms with Crippen LogP contribution in [0, 0.1) is 6.92 Å². The van der Waals surface area contributed by atoms with Gasteiger partial charge in [0.15, 0.2) is 0 Å². The highest BCUT2D eigenvalue weighted by Crippen LogP contribution is 2.24. The second kappa shape index (κ2) is 7.95. The monoisotopic (exact) mass is 396 g/mol. The van der Waals surface area contributed by atoms with Gasteiger partial charge in [-0.15, -0.1) is 0 Å². The molecule has 8 nitrogen and oxygen atoms in total. The number of benzene rings is 1. The molecule has 3 rings (SSSR count). The van der Waals surface area contributed by atoms with E-state index in [4.69, 9.17) is 4.74 Å². The number of rotatable bonds is 4. The van der Waals surface area contributed by atoms with Gasteiger partial charge in [-0.25, -0.2) is 13.2 Å². The summed E-state index contributed by atoms with van der Waals surface area (Å²) in [6.07, 6.45) is 1.20. The van der Waals surface area contributed by atoms with Crippen LogP contribution in [0.3, 0.4) is 0 Å². The lowest BCUT2D eigenvalue weighted by Crippen LogP contribution is -2.52. The number of methoxy groups -OCH3 is 1. The number of carbonyl (C=O) groups is 2. The minimum Gasteiger partial charge on any atom is -0.465 e. The summed E-state index contributed by atoms with van der Waals surface area (Å²) in [5.74, 6) is -0.646. The summed E-state index contributed by atoms with van der Waals surface area (Å²) in [5.41, 5.74) is 0.745. The smallest absolute Gasteiger partial charge is 0.337 e. The molecule has 0 saturated carbocycles. The Labute approximate surface area is 159 Å². The molecule has 2 aliphatic rings. The van der Waals surface area contributed by atoms with Crippen LogP contribution in [0.4, 0.5) is 0 Å². The molecule has 2 heterocycles. The Bertz CT molecular complexity index is 824. The molecule has 0 N–H and O–H groups in total. The van der Waals surface area contributed by atoms with Gasteiger partial charge in [-0.05, 0) is 37.5 Å². The van der Waals surface area contributed by atoms with E-state index < -0.39 is 22.1 Å². The number of piperazine rings is 1. The largest absolute Gasteiger partial charge is 0.465 e. The molecule has 0 bridgehead atoms. The van der Waals surface area contributed by atoms with E-state index in [1.807, 2.05) is 0 Å². The van der Waals surface area contributed by atoms with Crippen molar-refractivity contribution in [2.75, 3.05) is 39.9 Å². The van der Waals surface area contributed by atoms with Gasteiger partial charge in [0.05, 0.1) is 17.6 Å². The van der Waals surface area contributed by atoms with Crippen molar-refractivity contribution in [3.8, 4) is 0 Å². The van der Waals surface area contributed by atoms with Crippen LogP contribution in [-0.2, 0) is 24.3 Å². The van der Waals surface area contributed by atoms with Crippen LogP contribution in [0.2, 0.25) is 0 Å². The first-order chi connectivity index (χ1) is 12.8. The van der Waals surface area contributed by atoms with Gasteiger partial charge in [0.25, 0.3) is 5.91 Å². The standard InChI is InChI=1S/C18H24N2O6S/c1-13-5-6-14(18(22)25-2)12-16(13)27(23,24)20-9-7-19(8-10-20)17(21)15-4-3-11-26-15/h5-6,12,15H,3-4,7-11H2,1-2H3. The van der Waals surface area contributed by atoms with Gasteiger partial charge in [-0.2, -0.15) is 4.31 Å². The normalized spacial score (nSPS) is 21.3. The fraction of sp³-hybridized carbons (Fsp3) is 0.556. The third-order valence-electron chi connectivity index (χ3n) is 4.98.